The fourth-order valence-corrected chi connectivity index (χ4v) is 8.51. The molecule has 8 nitrogen and oxygen atoms in total. The number of pyridine rings is 1. The summed E-state index contributed by atoms with van der Waals surface area (Å²) in [4.78, 5) is 31.4. The molecule has 1 amide bonds. The van der Waals surface area contributed by atoms with Crippen molar-refractivity contribution in [1.82, 2.24) is 25.2 Å². The van der Waals surface area contributed by atoms with Crippen LogP contribution in [0.1, 0.15) is 57.4 Å². The predicted octanol–water partition coefficient (Wildman–Crippen LogP) is 5.66. The van der Waals surface area contributed by atoms with E-state index in [4.69, 9.17) is 19.7 Å². The molecule has 228 valence electrons. The van der Waals surface area contributed by atoms with Gasteiger partial charge in [0.25, 0.3) is 0 Å². The normalized spacial score (nSPS) is 23.1. The predicted molar refractivity (Wildman–Crippen MR) is 169 cm³/mol. The molecule has 8 rings (SSSR count). The van der Waals surface area contributed by atoms with E-state index in [0.717, 1.165) is 73.6 Å². The summed E-state index contributed by atoms with van der Waals surface area (Å²) in [5.41, 5.74) is 2.31. The second-order valence-corrected chi connectivity index (χ2v) is 13.4. The highest BCUT2D eigenvalue weighted by molar-refractivity contribution is 6.00. The molecule has 1 unspecified atom stereocenters. The van der Waals surface area contributed by atoms with E-state index in [-0.39, 0.29) is 34.1 Å². The Labute approximate surface area is 257 Å². The monoisotopic (exact) mass is 594 g/mol. The molecule has 2 aromatic heterocycles. The SMILES string of the molecule is CCc1cccc2cccc(-c3ncc4c(N5CCCC6(CNC(=O)C6)C5)nc(OCC56CCCN5CCC6)nc4c3F)c12. The maximum atomic E-state index is 16.9. The number of ether oxygens (including phenoxy) is 1. The lowest BCUT2D eigenvalue weighted by Gasteiger charge is -2.40. The molecular formula is C35H39FN6O2. The van der Waals surface area contributed by atoms with E-state index >= 15 is 4.39 Å². The van der Waals surface area contributed by atoms with Gasteiger partial charge in [0, 0.05) is 43.2 Å². The van der Waals surface area contributed by atoms with E-state index in [2.05, 4.69) is 40.2 Å². The number of halogens is 1. The molecule has 4 aromatic rings. The molecule has 1 N–H and O–H groups in total. The van der Waals surface area contributed by atoms with Gasteiger partial charge in [0.15, 0.2) is 5.82 Å². The first-order chi connectivity index (χ1) is 21.5. The number of aromatic nitrogens is 3. The van der Waals surface area contributed by atoms with Crippen LogP contribution < -0.4 is 15.0 Å². The van der Waals surface area contributed by atoms with E-state index < -0.39 is 5.82 Å². The van der Waals surface area contributed by atoms with Gasteiger partial charge in [-0.1, -0.05) is 43.3 Å². The zero-order valence-corrected chi connectivity index (χ0v) is 25.4. The number of nitrogens with one attached hydrogen (secondary N) is 1. The van der Waals surface area contributed by atoms with Crippen molar-refractivity contribution >= 4 is 33.4 Å². The number of fused-ring (bicyclic) bond motifs is 3. The van der Waals surface area contributed by atoms with Crippen molar-refractivity contribution in [2.24, 2.45) is 5.41 Å². The molecule has 1 atom stereocenters. The second-order valence-electron chi connectivity index (χ2n) is 13.4. The van der Waals surface area contributed by atoms with Crippen LogP contribution >= 0.6 is 0 Å². The number of piperidine rings is 1. The third-order valence-corrected chi connectivity index (χ3v) is 10.7. The zero-order chi connectivity index (χ0) is 29.9. The van der Waals surface area contributed by atoms with Gasteiger partial charge < -0.3 is 15.0 Å². The van der Waals surface area contributed by atoms with Crippen LogP contribution in [0.5, 0.6) is 6.01 Å². The largest absolute Gasteiger partial charge is 0.461 e. The number of carbonyl (C=O) groups excluding carboxylic acids is 1. The molecule has 0 radical (unpaired) electrons. The van der Waals surface area contributed by atoms with Crippen molar-refractivity contribution in [3.05, 3.63) is 54.0 Å². The van der Waals surface area contributed by atoms with E-state index in [9.17, 15) is 4.79 Å². The Morgan fingerprint density at radius 2 is 1.82 bits per heavy atom. The number of benzene rings is 2. The van der Waals surface area contributed by atoms with E-state index in [1.165, 1.54) is 12.8 Å². The Balaban J connectivity index is 1.25. The number of hydrogen-bond acceptors (Lipinski definition) is 7. The van der Waals surface area contributed by atoms with Gasteiger partial charge in [0.05, 0.1) is 10.9 Å². The minimum atomic E-state index is -0.458. The first-order valence-corrected chi connectivity index (χ1v) is 16.2. The molecule has 1 spiro atoms. The summed E-state index contributed by atoms with van der Waals surface area (Å²) in [6, 6.07) is 12.4. The minimum absolute atomic E-state index is 0.0188. The summed E-state index contributed by atoms with van der Waals surface area (Å²) >= 11 is 0. The Kier molecular flexibility index (Phi) is 6.70. The van der Waals surface area contributed by atoms with E-state index in [1.807, 2.05) is 18.2 Å². The summed E-state index contributed by atoms with van der Waals surface area (Å²) < 4.78 is 23.3. The van der Waals surface area contributed by atoms with Gasteiger partial charge in [0.1, 0.15) is 23.6 Å². The average Bonchev–Trinajstić information content (AvgIpc) is 3.73. The first-order valence-electron chi connectivity index (χ1n) is 16.2. The summed E-state index contributed by atoms with van der Waals surface area (Å²) in [6.45, 7) is 6.92. The van der Waals surface area contributed by atoms with Gasteiger partial charge >= 0.3 is 6.01 Å². The van der Waals surface area contributed by atoms with Gasteiger partial charge in [-0.2, -0.15) is 9.97 Å². The topological polar surface area (TPSA) is 83.5 Å². The number of carbonyl (C=O) groups is 1. The van der Waals surface area contributed by atoms with Gasteiger partial charge in [0.2, 0.25) is 5.91 Å². The van der Waals surface area contributed by atoms with Crippen molar-refractivity contribution in [1.29, 1.82) is 0 Å². The summed E-state index contributed by atoms with van der Waals surface area (Å²) in [7, 11) is 0. The summed E-state index contributed by atoms with van der Waals surface area (Å²) in [5, 5.41) is 5.69. The highest BCUT2D eigenvalue weighted by atomic mass is 19.1. The highest BCUT2D eigenvalue weighted by Crippen LogP contribution is 2.42. The smallest absolute Gasteiger partial charge is 0.319 e. The minimum Gasteiger partial charge on any atom is -0.461 e. The Hall–Kier alpha value is -3.85. The molecule has 4 saturated heterocycles. The van der Waals surface area contributed by atoms with Crippen LogP contribution in [0.4, 0.5) is 10.2 Å². The van der Waals surface area contributed by atoms with Crippen LogP contribution in [-0.4, -0.2) is 70.6 Å². The van der Waals surface area contributed by atoms with Gasteiger partial charge in [-0.05, 0) is 74.4 Å². The number of anilines is 1. The quantitative estimate of drug-likeness (QED) is 0.309. The van der Waals surface area contributed by atoms with Crippen molar-refractivity contribution in [2.75, 3.05) is 44.2 Å². The number of aryl methyl sites for hydroxylation is 1. The van der Waals surface area contributed by atoms with Crippen molar-refractivity contribution in [2.45, 2.75) is 63.8 Å². The summed E-state index contributed by atoms with van der Waals surface area (Å²) in [6.07, 6.45) is 9.52. The maximum absolute atomic E-state index is 16.9. The van der Waals surface area contributed by atoms with Crippen LogP contribution in [0.2, 0.25) is 0 Å². The number of amides is 1. The Morgan fingerprint density at radius 3 is 2.59 bits per heavy atom. The van der Waals surface area contributed by atoms with Gasteiger partial charge in [-0.15, -0.1) is 0 Å². The number of rotatable bonds is 6. The lowest BCUT2D eigenvalue weighted by atomic mass is 9.79. The third-order valence-electron chi connectivity index (χ3n) is 10.7. The molecule has 9 heteroatoms. The van der Waals surface area contributed by atoms with Crippen molar-refractivity contribution < 1.29 is 13.9 Å². The fraction of sp³-hybridized carbons (Fsp3) is 0.486. The van der Waals surface area contributed by atoms with Gasteiger partial charge in [-0.3, -0.25) is 14.7 Å². The molecule has 0 aliphatic carbocycles. The molecule has 0 saturated carbocycles. The molecule has 0 bridgehead atoms. The Morgan fingerprint density at radius 1 is 1.02 bits per heavy atom. The summed E-state index contributed by atoms with van der Waals surface area (Å²) in [5.74, 6) is 0.278. The first kappa shape index (κ1) is 27.7. The van der Waals surface area contributed by atoms with Crippen LogP contribution in [0.25, 0.3) is 32.9 Å². The van der Waals surface area contributed by atoms with Crippen LogP contribution in [-0.2, 0) is 11.2 Å². The van der Waals surface area contributed by atoms with E-state index in [0.29, 0.717) is 37.3 Å². The molecule has 44 heavy (non-hydrogen) atoms. The molecule has 6 heterocycles. The molecule has 2 aromatic carbocycles. The molecule has 4 aliphatic heterocycles. The Bertz CT molecular complexity index is 1760. The van der Waals surface area contributed by atoms with Crippen LogP contribution in [0, 0.1) is 11.2 Å². The maximum Gasteiger partial charge on any atom is 0.319 e. The van der Waals surface area contributed by atoms with E-state index in [1.54, 1.807) is 6.20 Å². The van der Waals surface area contributed by atoms with Crippen molar-refractivity contribution in [3.8, 4) is 17.3 Å². The standard InChI is InChI=1S/C35H39FN6O2/c1-2-23-8-3-9-24-10-4-11-25(28(23)24)30-29(36)31-26(19-37-30)32(41-15-5-12-34(21-41)18-27(43)38-20-34)40-33(39-31)44-22-35-13-6-16-42(35)17-7-14-35/h3-4,8-11,19H,2,5-7,12-18,20-22H2,1H3,(H,38,43). The highest BCUT2D eigenvalue weighted by Gasteiger charge is 2.45. The third kappa shape index (κ3) is 4.50. The van der Waals surface area contributed by atoms with Crippen molar-refractivity contribution in [3.63, 3.8) is 0 Å². The molecular weight excluding hydrogens is 555 g/mol. The number of nitrogens with zero attached hydrogens (tertiary/aromatic N) is 5. The molecule has 4 fully saturated rings. The van der Waals surface area contributed by atoms with Gasteiger partial charge in [-0.25, -0.2) is 4.39 Å². The fourth-order valence-electron chi connectivity index (χ4n) is 8.51. The second kappa shape index (κ2) is 10.6. The van der Waals surface area contributed by atoms with Crippen LogP contribution in [0.15, 0.2) is 42.6 Å². The average molecular weight is 595 g/mol. The number of hydrogen-bond donors (Lipinski definition) is 1. The lowest BCUT2D eigenvalue weighted by Crippen LogP contribution is -2.45. The zero-order valence-electron chi connectivity index (χ0n) is 25.4. The lowest BCUT2D eigenvalue weighted by molar-refractivity contribution is -0.119. The molecule has 4 aliphatic rings. The van der Waals surface area contributed by atoms with Crippen LogP contribution in [0.3, 0.4) is 0 Å².